The van der Waals surface area contributed by atoms with Gasteiger partial charge in [0.1, 0.15) is 5.75 Å². The van der Waals surface area contributed by atoms with Crippen molar-refractivity contribution in [3.8, 4) is 5.75 Å². The summed E-state index contributed by atoms with van der Waals surface area (Å²) in [6.45, 7) is 8.33. The van der Waals surface area contributed by atoms with Crippen molar-refractivity contribution in [3.63, 3.8) is 0 Å². The molecular formula is C22H30N2O4. The summed E-state index contributed by atoms with van der Waals surface area (Å²) in [7, 11) is 0. The maximum Gasteiger partial charge on any atom is 0.232 e. The molecule has 6 heteroatoms. The number of amides is 3. The lowest BCUT2D eigenvalue weighted by atomic mass is 9.52. The second-order valence-corrected chi connectivity index (χ2v) is 9.18. The van der Waals surface area contributed by atoms with Crippen LogP contribution in [0.15, 0.2) is 24.3 Å². The zero-order chi connectivity index (χ0) is 20.6. The first-order valence-corrected chi connectivity index (χ1v) is 10.0. The molecule has 0 aromatic heterocycles. The van der Waals surface area contributed by atoms with Gasteiger partial charge in [0.2, 0.25) is 17.7 Å². The van der Waals surface area contributed by atoms with E-state index in [1.54, 1.807) is 0 Å². The minimum absolute atomic E-state index is 0.160. The molecule has 3 rings (SSSR count). The Bertz CT molecular complexity index is 760. The zero-order valence-corrected chi connectivity index (χ0v) is 17.2. The summed E-state index contributed by atoms with van der Waals surface area (Å²) in [6, 6.07) is 7.30. The lowest BCUT2D eigenvalue weighted by Crippen LogP contribution is -2.63. The molecule has 28 heavy (non-hydrogen) atoms. The van der Waals surface area contributed by atoms with Crippen LogP contribution < -0.4 is 15.4 Å². The molecule has 1 aromatic rings. The highest BCUT2D eigenvalue weighted by Crippen LogP contribution is 2.56. The van der Waals surface area contributed by atoms with Gasteiger partial charge in [-0.15, -0.1) is 0 Å². The third kappa shape index (κ3) is 3.77. The largest absolute Gasteiger partial charge is 0.494 e. The Morgan fingerprint density at radius 2 is 1.61 bits per heavy atom. The van der Waals surface area contributed by atoms with E-state index >= 15 is 0 Å². The summed E-state index contributed by atoms with van der Waals surface area (Å²) in [5.74, 6) is 0.0588. The topological polar surface area (TPSA) is 84.5 Å². The van der Waals surface area contributed by atoms with Gasteiger partial charge >= 0.3 is 0 Å². The minimum Gasteiger partial charge on any atom is -0.494 e. The number of anilines is 1. The van der Waals surface area contributed by atoms with E-state index in [9.17, 15) is 14.4 Å². The summed E-state index contributed by atoms with van der Waals surface area (Å²) in [4.78, 5) is 38.0. The smallest absolute Gasteiger partial charge is 0.232 e. The van der Waals surface area contributed by atoms with Crippen LogP contribution in [0.4, 0.5) is 5.69 Å². The van der Waals surface area contributed by atoms with Crippen molar-refractivity contribution < 1.29 is 19.1 Å². The van der Waals surface area contributed by atoms with Gasteiger partial charge in [0.05, 0.1) is 6.61 Å². The van der Waals surface area contributed by atoms with E-state index in [1.807, 2.05) is 45.0 Å². The van der Waals surface area contributed by atoms with Gasteiger partial charge in [0.15, 0.2) is 0 Å². The van der Waals surface area contributed by atoms with Crippen molar-refractivity contribution in [2.75, 3.05) is 11.9 Å². The Morgan fingerprint density at radius 3 is 2.14 bits per heavy atom. The van der Waals surface area contributed by atoms with E-state index in [1.165, 1.54) is 0 Å². The van der Waals surface area contributed by atoms with Crippen LogP contribution in [0.3, 0.4) is 0 Å². The lowest BCUT2D eigenvalue weighted by Gasteiger charge is -2.53. The average molecular weight is 386 g/mol. The first kappa shape index (κ1) is 20.4. The Kier molecular flexibility index (Phi) is 5.26. The summed E-state index contributed by atoms with van der Waals surface area (Å²) in [5.41, 5.74) is -1.56. The molecule has 0 radical (unpaired) electrons. The highest BCUT2D eigenvalue weighted by atomic mass is 16.5. The molecule has 2 fully saturated rings. The molecule has 2 bridgehead atoms. The summed E-state index contributed by atoms with van der Waals surface area (Å²) in [5, 5.41) is 5.45. The Labute approximate surface area is 166 Å². The van der Waals surface area contributed by atoms with Gasteiger partial charge in [-0.3, -0.25) is 19.7 Å². The van der Waals surface area contributed by atoms with Crippen LogP contribution in [0.5, 0.6) is 5.75 Å². The summed E-state index contributed by atoms with van der Waals surface area (Å²) in [6.07, 6.45) is 3.39. The van der Waals surface area contributed by atoms with Gasteiger partial charge in [-0.1, -0.05) is 34.1 Å². The van der Waals surface area contributed by atoms with E-state index in [0.717, 1.165) is 18.6 Å². The van der Waals surface area contributed by atoms with E-state index in [4.69, 9.17) is 4.74 Å². The molecule has 2 aliphatic rings. The van der Waals surface area contributed by atoms with Crippen LogP contribution in [0.25, 0.3) is 0 Å². The fraction of sp³-hybridized carbons (Fsp3) is 0.591. The van der Waals surface area contributed by atoms with Crippen LogP contribution in [-0.4, -0.2) is 24.3 Å². The predicted molar refractivity (Wildman–Crippen MR) is 107 cm³/mol. The number of hydrogen-bond acceptors (Lipinski definition) is 4. The second-order valence-electron chi connectivity index (χ2n) is 9.18. The van der Waals surface area contributed by atoms with Crippen LogP contribution in [-0.2, 0) is 14.4 Å². The molecule has 152 valence electrons. The number of carbonyl (C=O) groups excluding carboxylic acids is 3. The highest BCUT2D eigenvalue weighted by Gasteiger charge is 2.60. The number of nitrogens with one attached hydrogen (secondary N) is 2. The van der Waals surface area contributed by atoms with Gasteiger partial charge in [0.25, 0.3) is 0 Å². The molecule has 2 atom stereocenters. The van der Waals surface area contributed by atoms with E-state index < -0.39 is 16.2 Å². The molecule has 2 N–H and O–H groups in total. The van der Waals surface area contributed by atoms with Crippen LogP contribution in [0, 0.1) is 16.2 Å². The van der Waals surface area contributed by atoms with Gasteiger partial charge in [-0.25, -0.2) is 0 Å². The Hall–Kier alpha value is -2.37. The van der Waals surface area contributed by atoms with Gasteiger partial charge in [-0.2, -0.15) is 0 Å². The van der Waals surface area contributed by atoms with Crippen LogP contribution in [0.2, 0.25) is 0 Å². The van der Waals surface area contributed by atoms with Crippen LogP contribution in [0.1, 0.15) is 59.8 Å². The number of imide groups is 1. The third-order valence-corrected chi connectivity index (χ3v) is 6.09. The first-order valence-electron chi connectivity index (χ1n) is 10.0. The Morgan fingerprint density at radius 1 is 1.04 bits per heavy atom. The minimum atomic E-state index is -0.800. The molecule has 1 saturated heterocycles. The van der Waals surface area contributed by atoms with Gasteiger partial charge in [0, 0.05) is 21.9 Å². The number of unbranched alkanes of at least 4 members (excludes halogenated alkanes) is 1. The second kappa shape index (κ2) is 7.22. The Balaban J connectivity index is 1.73. The maximum atomic E-state index is 13.1. The van der Waals surface area contributed by atoms with Crippen molar-refractivity contribution in [2.24, 2.45) is 16.2 Å². The number of carbonyl (C=O) groups is 3. The number of benzene rings is 1. The molecule has 0 spiro atoms. The predicted octanol–water partition coefficient (Wildman–Crippen LogP) is 3.66. The lowest BCUT2D eigenvalue weighted by molar-refractivity contribution is -0.163. The number of fused-ring (bicyclic) bond motifs is 2. The SMILES string of the molecule is CCCCOc1ccc(NC(=O)C2(C)CC3(C)CC(C)(C2)C(=O)NC3=O)cc1. The number of hydrogen-bond donors (Lipinski definition) is 2. The fourth-order valence-corrected chi connectivity index (χ4v) is 4.91. The van der Waals surface area contributed by atoms with Crippen molar-refractivity contribution >= 4 is 23.4 Å². The number of ether oxygens (including phenoxy) is 1. The van der Waals surface area contributed by atoms with Crippen molar-refractivity contribution in [1.29, 1.82) is 0 Å². The van der Waals surface area contributed by atoms with Gasteiger partial charge in [-0.05, 0) is 49.9 Å². The molecule has 1 saturated carbocycles. The van der Waals surface area contributed by atoms with Crippen molar-refractivity contribution in [3.05, 3.63) is 24.3 Å². The number of rotatable bonds is 6. The van der Waals surface area contributed by atoms with E-state index in [0.29, 0.717) is 31.6 Å². The van der Waals surface area contributed by atoms with Crippen molar-refractivity contribution in [1.82, 2.24) is 5.32 Å². The molecule has 1 aliphatic carbocycles. The molecule has 1 aromatic carbocycles. The quantitative estimate of drug-likeness (QED) is 0.577. The van der Waals surface area contributed by atoms with Crippen LogP contribution >= 0.6 is 0 Å². The summed E-state index contributed by atoms with van der Waals surface area (Å²) >= 11 is 0. The van der Waals surface area contributed by atoms with Gasteiger partial charge < -0.3 is 10.1 Å². The first-order chi connectivity index (χ1) is 13.1. The molecule has 1 heterocycles. The standard InChI is InChI=1S/C22H30N2O4/c1-5-6-11-28-16-9-7-15(8-10-16)23-17(25)20(2)12-21(3)14-22(4,13-20)19(27)24-18(21)26/h7-10H,5-6,11-14H2,1-4H3,(H,23,25)(H,24,26,27). The third-order valence-electron chi connectivity index (χ3n) is 6.09. The average Bonchev–Trinajstić information content (AvgIpc) is 2.61. The molecule has 2 unspecified atom stereocenters. The summed E-state index contributed by atoms with van der Waals surface area (Å²) < 4.78 is 5.65. The molecule has 1 aliphatic heterocycles. The van der Waals surface area contributed by atoms with E-state index in [2.05, 4.69) is 17.6 Å². The van der Waals surface area contributed by atoms with Crippen molar-refractivity contribution in [2.45, 2.75) is 59.8 Å². The highest BCUT2D eigenvalue weighted by molar-refractivity contribution is 6.05. The molecular weight excluding hydrogens is 356 g/mol. The molecule has 3 amide bonds. The molecule has 6 nitrogen and oxygen atoms in total. The number of piperidine rings is 1. The maximum absolute atomic E-state index is 13.1. The van der Waals surface area contributed by atoms with E-state index in [-0.39, 0.29) is 17.7 Å². The monoisotopic (exact) mass is 386 g/mol. The normalized spacial score (nSPS) is 31.9. The zero-order valence-electron chi connectivity index (χ0n) is 17.2. The fourth-order valence-electron chi connectivity index (χ4n) is 4.91.